The zero-order valence-electron chi connectivity index (χ0n) is 19.4. The molecule has 0 aliphatic rings. The molecular weight excluding hydrogens is 554 g/mol. The van der Waals surface area contributed by atoms with Gasteiger partial charge in [-0.05, 0) is 66.2 Å². The zero-order chi connectivity index (χ0) is 27.8. The summed E-state index contributed by atoms with van der Waals surface area (Å²) in [6, 6.07) is 13.8. The lowest BCUT2D eigenvalue weighted by Gasteiger charge is -2.09. The minimum absolute atomic E-state index is 0. The number of benzene rings is 2. The van der Waals surface area contributed by atoms with Crippen LogP contribution < -0.4 is 15.2 Å². The molecule has 0 aliphatic heterocycles. The van der Waals surface area contributed by atoms with Crippen LogP contribution >= 0.6 is 12.4 Å². The van der Waals surface area contributed by atoms with E-state index in [2.05, 4.69) is 34.3 Å². The lowest BCUT2D eigenvalue weighted by molar-refractivity contribution is -0.275. The molecule has 0 bridgehead atoms. The van der Waals surface area contributed by atoms with Gasteiger partial charge in [0, 0.05) is 12.1 Å². The molecule has 0 unspecified atom stereocenters. The van der Waals surface area contributed by atoms with Crippen LogP contribution in [0.4, 0.5) is 32.2 Å². The number of nitrogens with zero attached hydrogens (tertiary/aromatic N) is 5. The van der Waals surface area contributed by atoms with E-state index in [1.54, 1.807) is 6.07 Å². The van der Waals surface area contributed by atoms with E-state index < -0.39 is 12.7 Å². The minimum atomic E-state index is -4.71. The number of rotatable bonds is 5. The number of hydrogen-bond donors (Lipinski definition) is 1. The molecule has 0 spiro atoms. The summed E-state index contributed by atoms with van der Waals surface area (Å²) in [5, 5.41) is 0. The topological polar surface area (TPSA) is 100 Å². The van der Waals surface area contributed by atoms with Crippen LogP contribution in [0.15, 0.2) is 73.3 Å². The highest BCUT2D eigenvalue weighted by Crippen LogP contribution is 2.27. The molecule has 0 aliphatic carbocycles. The Morgan fingerprint density at radius 2 is 1.13 bits per heavy atom. The van der Waals surface area contributed by atoms with Crippen LogP contribution in [0.5, 0.6) is 11.5 Å². The molecule has 2 N–H and O–H groups in total. The average Bonchev–Trinajstić information content (AvgIpc) is 2.88. The van der Waals surface area contributed by atoms with Crippen LogP contribution in [0, 0.1) is 6.57 Å². The van der Waals surface area contributed by atoms with Crippen LogP contribution in [0.2, 0.25) is 0 Å². The van der Waals surface area contributed by atoms with Crippen molar-refractivity contribution in [2.45, 2.75) is 19.3 Å². The third kappa shape index (κ3) is 10.1. The van der Waals surface area contributed by atoms with Gasteiger partial charge in [0.15, 0.2) is 0 Å². The summed E-state index contributed by atoms with van der Waals surface area (Å²) in [4.78, 5) is 18.8. The van der Waals surface area contributed by atoms with Gasteiger partial charge in [0.2, 0.25) is 6.33 Å². The van der Waals surface area contributed by atoms with Crippen molar-refractivity contribution in [2.75, 3.05) is 0 Å². The van der Waals surface area contributed by atoms with Crippen LogP contribution in [-0.2, 0) is 6.54 Å². The lowest BCUT2D eigenvalue weighted by atomic mass is 10.1. The Bertz CT molecular complexity index is 1390. The molecule has 2 heterocycles. The number of halogens is 7. The van der Waals surface area contributed by atoms with Crippen molar-refractivity contribution in [3.63, 3.8) is 0 Å². The Morgan fingerprint density at radius 3 is 1.54 bits per heavy atom. The van der Waals surface area contributed by atoms with Crippen molar-refractivity contribution < 1.29 is 35.8 Å². The fourth-order valence-electron chi connectivity index (χ4n) is 2.89. The Kier molecular flexibility index (Phi) is 10.5. The van der Waals surface area contributed by atoms with E-state index in [0.29, 0.717) is 28.2 Å². The van der Waals surface area contributed by atoms with Crippen LogP contribution in [0.25, 0.3) is 27.4 Å². The molecule has 39 heavy (non-hydrogen) atoms. The molecule has 0 saturated heterocycles. The predicted octanol–water partition coefficient (Wildman–Crippen LogP) is 6.52. The number of ether oxygens (including phenoxy) is 2. The molecule has 0 atom stereocenters. The highest BCUT2D eigenvalue weighted by molar-refractivity contribution is 5.85. The molecule has 4 aromatic rings. The molecule has 8 nitrogen and oxygen atoms in total. The summed E-state index contributed by atoms with van der Waals surface area (Å²) < 4.78 is 79.5. The van der Waals surface area contributed by atoms with E-state index in [-0.39, 0.29) is 36.3 Å². The van der Waals surface area contributed by atoms with Gasteiger partial charge in [-0.3, -0.25) is 0 Å². The normalized spacial score (nSPS) is 10.8. The fourth-order valence-corrected chi connectivity index (χ4v) is 2.89. The number of hydrogen-bond acceptors (Lipinski definition) is 7. The molecule has 4 rings (SSSR count). The largest absolute Gasteiger partial charge is 0.573 e. The summed E-state index contributed by atoms with van der Waals surface area (Å²) in [5.74, 6) is -0.416. The predicted molar refractivity (Wildman–Crippen MR) is 130 cm³/mol. The monoisotopic (exact) mass is 570 g/mol. The average molecular weight is 571 g/mol. The van der Waals surface area contributed by atoms with Gasteiger partial charge in [-0.25, -0.2) is 15.0 Å². The minimum Gasteiger partial charge on any atom is -0.406 e. The molecule has 0 fully saturated rings. The van der Waals surface area contributed by atoms with Crippen LogP contribution in [0.1, 0.15) is 5.69 Å². The van der Waals surface area contributed by atoms with E-state index in [1.807, 2.05) is 0 Å². The molecule has 2 aromatic heterocycles. The quantitative estimate of drug-likeness (QED) is 0.215. The van der Waals surface area contributed by atoms with Gasteiger partial charge in [-0.15, -0.1) is 43.7 Å². The van der Waals surface area contributed by atoms with Gasteiger partial charge in [-0.1, -0.05) is 6.57 Å². The van der Waals surface area contributed by atoms with E-state index in [0.717, 1.165) is 0 Å². The van der Waals surface area contributed by atoms with Crippen molar-refractivity contribution in [3.05, 3.63) is 90.4 Å². The van der Waals surface area contributed by atoms with E-state index >= 15 is 0 Å². The standard InChI is InChI=1S/C12H6F3N3O.C12H10F3N3O.ClH/c1-16-11-6-10(17-7-18-11)8-2-4-9(5-3-8)19-12(13,14)15;13-12(14,15)19-10-3-1-8(2-4-10)11-5-9(6-16)17-7-18-11;/h2-7H;1-5,7H,6,16H2;1H. The highest BCUT2D eigenvalue weighted by atomic mass is 35.5. The van der Waals surface area contributed by atoms with E-state index in [1.165, 1.54) is 67.3 Å². The van der Waals surface area contributed by atoms with Gasteiger partial charge in [-0.2, -0.15) is 0 Å². The molecule has 15 heteroatoms. The molecule has 0 radical (unpaired) electrons. The third-order valence-electron chi connectivity index (χ3n) is 4.47. The summed E-state index contributed by atoms with van der Waals surface area (Å²) >= 11 is 0. The van der Waals surface area contributed by atoms with Gasteiger partial charge in [0.05, 0.1) is 17.1 Å². The summed E-state index contributed by atoms with van der Waals surface area (Å²) in [6.07, 6.45) is -6.82. The smallest absolute Gasteiger partial charge is 0.406 e. The highest BCUT2D eigenvalue weighted by Gasteiger charge is 2.31. The first-order valence-corrected chi connectivity index (χ1v) is 10.4. The maximum Gasteiger partial charge on any atom is 0.573 e. The first kappa shape index (κ1) is 30.7. The fraction of sp³-hybridized carbons (Fsp3) is 0.125. The zero-order valence-corrected chi connectivity index (χ0v) is 20.3. The van der Waals surface area contributed by atoms with Crippen molar-refractivity contribution >= 4 is 18.2 Å². The van der Waals surface area contributed by atoms with Gasteiger partial charge in [0.1, 0.15) is 17.8 Å². The Labute approximate surface area is 223 Å². The number of nitrogens with two attached hydrogens (primary N) is 1. The second-order valence-corrected chi connectivity index (χ2v) is 7.12. The second kappa shape index (κ2) is 13.4. The molecule has 2 aromatic carbocycles. The Balaban J connectivity index is 0.000000267. The van der Waals surface area contributed by atoms with Gasteiger partial charge in [0.25, 0.3) is 5.82 Å². The molecule has 204 valence electrons. The summed E-state index contributed by atoms with van der Waals surface area (Å²) in [6.45, 7) is 7.09. The SMILES string of the molecule is Cl.NCc1cc(-c2ccc(OC(F)(F)F)cc2)ncn1.[C-]#[N+]c1cc(-c2ccc(OC(F)(F)F)cc2)ncn1. The van der Waals surface area contributed by atoms with E-state index in [4.69, 9.17) is 12.3 Å². The van der Waals surface area contributed by atoms with Gasteiger partial charge < -0.3 is 20.1 Å². The van der Waals surface area contributed by atoms with Crippen molar-refractivity contribution in [1.29, 1.82) is 0 Å². The Hall–Kier alpha value is -4.48. The first-order chi connectivity index (χ1) is 18.0. The molecule has 0 amide bonds. The van der Waals surface area contributed by atoms with Crippen LogP contribution in [-0.4, -0.2) is 32.7 Å². The third-order valence-corrected chi connectivity index (χ3v) is 4.47. The number of alkyl halides is 6. The van der Waals surface area contributed by atoms with Crippen molar-refractivity contribution in [1.82, 2.24) is 19.9 Å². The second-order valence-electron chi connectivity index (χ2n) is 7.12. The summed E-state index contributed by atoms with van der Waals surface area (Å²) in [7, 11) is 0. The lowest BCUT2D eigenvalue weighted by Crippen LogP contribution is -2.16. The maximum atomic E-state index is 12.0. The first-order valence-electron chi connectivity index (χ1n) is 10.4. The van der Waals surface area contributed by atoms with Crippen molar-refractivity contribution in [2.24, 2.45) is 5.73 Å². The maximum absolute atomic E-state index is 12.0. The molecule has 0 saturated carbocycles. The molecular formula is C24H17ClF6N6O2. The van der Waals surface area contributed by atoms with Crippen molar-refractivity contribution in [3.8, 4) is 34.0 Å². The van der Waals surface area contributed by atoms with Gasteiger partial charge >= 0.3 is 12.7 Å². The number of aromatic nitrogens is 4. The Morgan fingerprint density at radius 1 is 0.692 bits per heavy atom. The van der Waals surface area contributed by atoms with E-state index in [9.17, 15) is 26.3 Å². The summed E-state index contributed by atoms with van der Waals surface area (Å²) in [5.41, 5.74) is 8.39. The van der Waals surface area contributed by atoms with Crippen LogP contribution in [0.3, 0.4) is 0 Å².